The molecule has 6 heteroatoms. The zero-order valence-electron chi connectivity index (χ0n) is 19.0. The van der Waals surface area contributed by atoms with Crippen molar-refractivity contribution in [2.24, 2.45) is 12.0 Å². The summed E-state index contributed by atoms with van der Waals surface area (Å²) in [7, 11) is 2.00. The topological polar surface area (TPSA) is 63.5 Å². The van der Waals surface area contributed by atoms with Gasteiger partial charge in [0.2, 0.25) is 0 Å². The number of benzene rings is 1. The molecule has 0 saturated carbocycles. The third-order valence-corrected chi connectivity index (χ3v) is 4.86. The zero-order valence-corrected chi connectivity index (χ0v) is 19.0. The molecule has 160 valence electrons. The zero-order chi connectivity index (χ0) is 21.4. The summed E-state index contributed by atoms with van der Waals surface area (Å²) >= 11 is 0. The summed E-state index contributed by atoms with van der Waals surface area (Å²) in [6.45, 7) is 14.1. The second-order valence-electron chi connectivity index (χ2n) is 7.84. The van der Waals surface area contributed by atoms with E-state index in [4.69, 9.17) is 9.73 Å². The first kappa shape index (κ1) is 22.8. The van der Waals surface area contributed by atoms with Gasteiger partial charge in [-0.1, -0.05) is 12.1 Å². The molecule has 1 atom stereocenters. The van der Waals surface area contributed by atoms with Crippen molar-refractivity contribution in [2.45, 2.75) is 66.5 Å². The Morgan fingerprint density at radius 3 is 2.41 bits per heavy atom. The predicted octanol–water partition coefficient (Wildman–Crippen LogP) is 3.55. The van der Waals surface area contributed by atoms with E-state index in [0.29, 0.717) is 0 Å². The number of aromatic nitrogens is 2. The van der Waals surface area contributed by atoms with Gasteiger partial charge in [-0.25, -0.2) is 0 Å². The number of aliphatic imine (C=N–C) groups is 1. The first-order valence-electron chi connectivity index (χ1n) is 10.6. The van der Waals surface area contributed by atoms with Crippen molar-refractivity contribution in [1.82, 2.24) is 20.4 Å². The van der Waals surface area contributed by atoms with Gasteiger partial charge in [-0.2, -0.15) is 5.10 Å². The second kappa shape index (κ2) is 10.9. The molecule has 0 aliphatic carbocycles. The van der Waals surface area contributed by atoms with Gasteiger partial charge < -0.3 is 15.4 Å². The van der Waals surface area contributed by atoms with E-state index in [9.17, 15) is 0 Å². The van der Waals surface area contributed by atoms with E-state index < -0.39 is 0 Å². The van der Waals surface area contributed by atoms with E-state index in [1.54, 1.807) is 0 Å². The van der Waals surface area contributed by atoms with E-state index >= 15 is 0 Å². The van der Waals surface area contributed by atoms with Gasteiger partial charge in [-0.15, -0.1) is 0 Å². The lowest BCUT2D eigenvalue weighted by Gasteiger charge is -2.18. The Morgan fingerprint density at radius 1 is 1.17 bits per heavy atom. The Bertz CT molecular complexity index is 792. The molecule has 0 aliphatic heterocycles. The van der Waals surface area contributed by atoms with E-state index in [-0.39, 0.29) is 12.1 Å². The van der Waals surface area contributed by atoms with Gasteiger partial charge in [0.1, 0.15) is 5.75 Å². The maximum atomic E-state index is 5.70. The molecule has 1 heterocycles. The fourth-order valence-electron chi connectivity index (χ4n) is 3.33. The quantitative estimate of drug-likeness (QED) is 0.500. The van der Waals surface area contributed by atoms with Crippen LogP contribution in [-0.4, -0.2) is 41.0 Å². The number of guanidine groups is 1. The van der Waals surface area contributed by atoms with Gasteiger partial charge in [-0.3, -0.25) is 9.67 Å². The minimum atomic E-state index is 0.195. The molecule has 0 radical (unpaired) electrons. The third kappa shape index (κ3) is 7.11. The third-order valence-electron chi connectivity index (χ3n) is 4.86. The van der Waals surface area contributed by atoms with E-state index in [2.05, 4.69) is 55.6 Å². The fraction of sp³-hybridized carbons (Fsp3) is 0.565. The Morgan fingerprint density at radius 2 is 1.86 bits per heavy atom. The maximum absolute atomic E-state index is 5.70. The van der Waals surface area contributed by atoms with Crippen LogP contribution in [0.2, 0.25) is 0 Å². The van der Waals surface area contributed by atoms with E-state index in [1.807, 2.05) is 37.7 Å². The van der Waals surface area contributed by atoms with Crippen LogP contribution in [-0.2, 0) is 19.9 Å². The van der Waals surface area contributed by atoms with Crippen molar-refractivity contribution in [1.29, 1.82) is 0 Å². The first-order chi connectivity index (χ1) is 13.8. The summed E-state index contributed by atoms with van der Waals surface area (Å²) < 4.78 is 7.65. The average Bonchev–Trinajstić information content (AvgIpc) is 2.89. The van der Waals surface area contributed by atoms with Crippen LogP contribution in [0, 0.1) is 13.8 Å². The fourth-order valence-corrected chi connectivity index (χ4v) is 3.33. The molecule has 2 N–H and O–H groups in total. The van der Waals surface area contributed by atoms with Crippen LogP contribution in [0.15, 0.2) is 29.3 Å². The molecule has 29 heavy (non-hydrogen) atoms. The molecule has 0 saturated heterocycles. The summed E-state index contributed by atoms with van der Waals surface area (Å²) in [6, 6.07) is 8.56. The highest BCUT2D eigenvalue weighted by Crippen LogP contribution is 2.15. The van der Waals surface area contributed by atoms with Crippen molar-refractivity contribution in [2.75, 3.05) is 13.1 Å². The van der Waals surface area contributed by atoms with Crippen LogP contribution in [0.4, 0.5) is 0 Å². The number of hydrogen-bond acceptors (Lipinski definition) is 3. The Labute approximate surface area is 175 Å². The van der Waals surface area contributed by atoms with Crippen molar-refractivity contribution in [3.8, 4) is 5.75 Å². The normalized spacial score (nSPS) is 12.9. The SMILES string of the molecule is CCNC(=NCCc1ccc(OC(C)C)cc1)NC(C)Cc1c(C)nn(C)c1C. The number of ether oxygens (including phenoxy) is 1. The summed E-state index contributed by atoms with van der Waals surface area (Å²) in [5.41, 5.74) is 4.90. The molecule has 2 aromatic rings. The van der Waals surface area contributed by atoms with Crippen LogP contribution < -0.4 is 15.4 Å². The molecular formula is C23H37N5O. The van der Waals surface area contributed by atoms with Crippen molar-refractivity contribution in [3.05, 3.63) is 46.8 Å². The van der Waals surface area contributed by atoms with Crippen LogP contribution in [0.5, 0.6) is 5.75 Å². The van der Waals surface area contributed by atoms with Crippen LogP contribution in [0.1, 0.15) is 50.2 Å². The molecular weight excluding hydrogens is 362 g/mol. The van der Waals surface area contributed by atoms with Crippen LogP contribution in [0.25, 0.3) is 0 Å². The molecule has 1 aromatic carbocycles. The molecule has 1 aromatic heterocycles. The van der Waals surface area contributed by atoms with Crippen LogP contribution in [0.3, 0.4) is 0 Å². The van der Waals surface area contributed by atoms with Gasteiger partial charge in [0.15, 0.2) is 5.96 Å². The largest absolute Gasteiger partial charge is 0.491 e. The van der Waals surface area contributed by atoms with Gasteiger partial charge in [-0.05, 0) is 77.6 Å². The first-order valence-corrected chi connectivity index (χ1v) is 10.6. The Kier molecular flexibility index (Phi) is 8.55. The minimum Gasteiger partial charge on any atom is -0.491 e. The predicted molar refractivity (Wildman–Crippen MR) is 121 cm³/mol. The standard InChI is InChI=1S/C23H37N5O/c1-8-24-23(26-17(4)15-22-18(5)27-28(7)19(22)6)25-14-13-20-9-11-21(12-10-20)29-16(2)3/h9-12,16-17H,8,13-15H2,1-7H3,(H2,24,25,26). The lowest BCUT2D eigenvalue weighted by atomic mass is 10.1. The van der Waals surface area contributed by atoms with Gasteiger partial charge >= 0.3 is 0 Å². The molecule has 0 aliphatic rings. The number of aryl methyl sites for hydroxylation is 2. The molecule has 1 unspecified atom stereocenters. The Balaban J connectivity index is 1.91. The summed E-state index contributed by atoms with van der Waals surface area (Å²) in [5.74, 6) is 1.77. The lowest BCUT2D eigenvalue weighted by Crippen LogP contribution is -2.43. The van der Waals surface area contributed by atoms with Crippen molar-refractivity contribution >= 4 is 5.96 Å². The van der Waals surface area contributed by atoms with Crippen LogP contribution >= 0.6 is 0 Å². The monoisotopic (exact) mass is 399 g/mol. The van der Waals surface area contributed by atoms with E-state index in [1.165, 1.54) is 16.8 Å². The molecule has 2 rings (SSSR count). The molecule has 0 spiro atoms. The number of nitrogens with zero attached hydrogens (tertiary/aromatic N) is 3. The number of hydrogen-bond donors (Lipinski definition) is 2. The molecule has 0 fully saturated rings. The minimum absolute atomic E-state index is 0.195. The highest BCUT2D eigenvalue weighted by molar-refractivity contribution is 5.80. The highest BCUT2D eigenvalue weighted by Gasteiger charge is 2.14. The number of rotatable bonds is 9. The van der Waals surface area contributed by atoms with Gasteiger partial charge in [0, 0.05) is 31.9 Å². The van der Waals surface area contributed by atoms with Gasteiger partial charge in [0.25, 0.3) is 0 Å². The lowest BCUT2D eigenvalue weighted by molar-refractivity contribution is 0.242. The maximum Gasteiger partial charge on any atom is 0.191 e. The second-order valence-corrected chi connectivity index (χ2v) is 7.84. The van der Waals surface area contributed by atoms with Crippen molar-refractivity contribution in [3.63, 3.8) is 0 Å². The van der Waals surface area contributed by atoms with Crippen molar-refractivity contribution < 1.29 is 4.74 Å². The summed E-state index contributed by atoms with van der Waals surface area (Å²) in [4.78, 5) is 4.75. The van der Waals surface area contributed by atoms with Gasteiger partial charge in [0.05, 0.1) is 11.8 Å². The highest BCUT2D eigenvalue weighted by atomic mass is 16.5. The number of nitrogens with one attached hydrogen (secondary N) is 2. The molecule has 0 amide bonds. The average molecular weight is 400 g/mol. The Hall–Kier alpha value is -2.50. The smallest absolute Gasteiger partial charge is 0.191 e. The van der Waals surface area contributed by atoms with E-state index in [0.717, 1.165) is 43.3 Å². The molecule has 6 nitrogen and oxygen atoms in total. The summed E-state index contributed by atoms with van der Waals surface area (Å²) in [6.07, 6.45) is 2.02. The summed E-state index contributed by atoms with van der Waals surface area (Å²) in [5, 5.41) is 11.4. The molecule has 0 bridgehead atoms.